The van der Waals surface area contributed by atoms with Gasteiger partial charge < -0.3 is 4.74 Å². The number of hydrogen-bond acceptors (Lipinski definition) is 7. The average Bonchev–Trinajstić information content (AvgIpc) is 3.31. The highest BCUT2D eigenvalue weighted by molar-refractivity contribution is 7.93. The van der Waals surface area contributed by atoms with Crippen LogP contribution in [0.15, 0.2) is 64.6 Å². The van der Waals surface area contributed by atoms with Gasteiger partial charge in [-0.1, -0.05) is 18.2 Å². The molecule has 0 fully saturated rings. The fraction of sp³-hybridized carbons (Fsp3) is 0.379. The number of anilines is 2. The number of alkyl halides is 3. The van der Waals surface area contributed by atoms with E-state index in [4.69, 9.17) is 8.92 Å². The fourth-order valence-corrected chi connectivity index (χ4v) is 5.11. The van der Waals surface area contributed by atoms with Gasteiger partial charge in [0.25, 0.3) is 0 Å². The minimum atomic E-state index is -4.62. The number of ether oxygens (including phenoxy) is 1. The normalized spacial score (nSPS) is 16.2. The lowest BCUT2D eigenvalue weighted by Gasteiger charge is -2.35. The van der Waals surface area contributed by atoms with Gasteiger partial charge in [-0.2, -0.15) is 22.6 Å². The molecule has 2 aromatic carbocycles. The topological polar surface area (TPSA) is 113 Å². The van der Waals surface area contributed by atoms with Crippen LogP contribution < -0.4 is 10.6 Å². The number of aromatic nitrogens is 3. The number of aromatic amines is 1. The summed E-state index contributed by atoms with van der Waals surface area (Å²) in [5.41, 5.74) is -0.400. The minimum Gasteiger partial charge on any atom is -0.462 e. The zero-order chi connectivity index (χ0) is 30.8. The number of rotatable bonds is 8. The Morgan fingerprint density at radius 3 is 2.45 bits per heavy atom. The standard InChI is InChI=1S/C29H30F3N5O4S/c1-18-23(25(38)40-14-7-15-41-42(5)28(2,3)4)24(20-12-10-19(17-33)11-13-20)37-26(34-35-27(37)39)36(18)22-9-6-8-21(16-22)29(30,31)32/h6,8-13,16,24H,7,14-15H2,1-5H3/p+1/t24-,42?/m1/s1. The molecule has 0 radical (unpaired) electrons. The zero-order valence-corrected chi connectivity index (χ0v) is 24.6. The Balaban J connectivity index is 1.75. The molecule has 0 saturated carbocycles. The van der Waals surface area contributed by atoms with E-state index in [-0.39, 0.29) is 45.4 Å². The highest BCUT2D eigenvalue weighted by Crippen LogP contribution is 2.42. The molecule has 3 aromatic rings. The number of halogens is 3. The summed E-state index contributed by atoms with van der Waals surface area (Å²) in [6.07, 6.45) is -2.21. The first-order chi connectivity index (χ1) is 19.7. The molecule has 0 saturated heterocycles. The third kappa shape index (κ3) is 6.39. The highest BCUT2D eigenvalue weighted by atomic mass is 32.2. The van der Waals surface area contributed by atoms with E-state index < -0.39 is 29.4 Å². The zero-order valence-electron chi connectivity index (χ0n) is 23.8. The highest BCUT2D eigenvalue weighted by Gasteiger charge is 2.40. The number of fused-ring (bicyclic) bond motifs is 1. The molecular weight excluding hydrogens is 571 g/mol. The van der Waals surface area contributed by atoms with Crippen molar-refractivity contribution in [3.8, 4) is 6.07 Å². The lowest BCUT2D eigenvalue weighted by molar-refractivity contribution is -0.140. The maximum Gasteiger partial charge on any atom is 0.416 e. The third-order valence-electron chi connectivity index (χ3n) is 6.79. The molecule has 1 aliphatic heterocycles. The minimum absolute atomic E-state index is 0.00621. The van der Waals surface area contributed by atoms with Crippen LogP contribution in [0.2, 0.25) is 0 Å². The molecule has 1 aromatic heterocycles. The van der Waals surface area contributed by atoms with E-state index in [0.717, 1.165) is 12.1 Å². The van der Waals surface area contributed by atoms with Crippen LogP contribution in [-0.4, -0.2) is 45.0 Å². The number of nitriles is 1. The van der Waals surface area contributed by atoms with Crippen LogP contribution in [0, 0.1) is 11.3 Å². The van der Waals surface area contributed by atoms with Crippen molar-refractivity contribution < 1.29 is 26.9 Å². The average molecular weight is 603 g/mol. The monoisotopic (exact) mass is 602 g/mol. The van der Waals surface area contributed by atoms with Crippen molar-refractivity contribution in [2.75, 3.05) is 24.4 Å². The van der Waals surface area contributed by atoms with E-state index >= 15 is 0 Å². The number of allylic oxidation sites excluding steroid dienone is 1. The van der Waals surface area contributed by atoms with E-state index in [9.17, 15) is 28.0 Å². The third-order valence-corrected chi connectivity index (χ3v) is 9.04. The Morgan fingerprint density at radius 1 is 1.14 bits per heavy atom. The van der Waals surface area contributed by atoms with E-state index in [1.807, 2.05) is 12.3 Å². The summed E-state index contributed by atoms with van der Waals surface area (Å²) < 4.78 is 53.4. The molecule has 222 valence electrons. The van der Waals surface area contributed by atoms with Gasteiger partial charge in [-0.25, -0.2) is 19.3 Å². The number of carbonyl (C=O) groups excluding carboxylic acids is 1. The molecule has 42 heavy (non-hydrogen) atoms. The maximum absolute atomic E-state index is 13.7. The summed E-state index contributed by atoms with van der Waals surface area (Å²) in [5, 5.41) is 15.7. The van der Waals surface area contributed by atoms with Crippen LogP contribution >= 0.6 is 0 Å². The van der Waals surface area contributed by atoms with Crippen molar-refractivity contribution in [2.45, 2.75) is 51.1 Å². The van der Waals surface area contributed by atoms with Crippen LogP contribution in [0.5, 0.6) is 0 Å². The first-order valence-electron chi connectivity index (χ1n) is 13.1. The van der Waals surface area contributed by atoms with Gasteiger partial charge in [0.2, 0.25) is 5.95 Å². The van der Waals surface area contributed by atoms with E-state index in [1.54, 1.807) is 31.2 Å². The summed E-state index contributed by atoms with van der Waals surface area (Å²) in [6, 6.07) is 11.8. The van der Waals surface area contributed by atoms with Gasteiger partial charge >= 0.3 is 17.8 Å². The number of nitrogens with zero attached hydrogens (tertiary/aromatic N) is 4. The largest absolute Gasteiger partial charge is 0.462 e. The molecule has 13 heteroatoms. The van der Waals surface area contributed by atoms with Crippen LogP contribution in [0.25, 0.3) is 0 Å². The molecule has 9 nitrogen and oxygen atoms in total. The molecule has 0 aliphatic carbocycles. The summed E-state index contributed by atoms with van der Waals surface area (Å²) in [4.78, 5) is 28.1. The number of carbonyl (C=O) groups is 1. The second-order valence-corrected chi connectivity index (χ2v) is 13.0. The van der Waals surface area contributed by atoms with Crippen molar-refractivity contribution >= 4 is 28.8 Å². The molecule has 1 unspecified atom stereocenters. The SMILES string of the molecule is CC1=C(C(=O)OCCCO[S+](C)C(C)(C)C)[C@@H](c2ccc(C#N)cc2)n2c(n[nH]c2=O)N1c1cccc(C(F)(F)F)c1. The van der Waals surface area contributed by atoms with Crippen molar-refractivity contribution in [3.05, 3.63) is 87.0 Å². The van der Waals surface area contributed by atoms with Crippen molar-refractivity contribution in [1.82, 2.24) is 14.8 Å². The van der Waals surface area contributed by atoms with Gasteiger partial charge in [0.1, 0.15) is 30.1 Å². The number of H-pyrrole nitrogens is 1. The molecule has 0 spiro atoms. The van der Waals surface area contributed by atoms with E-state index in [2.05, 4.69) is 31.0 Å². The number of benzene rings is 2. The molecule has 0 bridgehead atoms. The molecule has 2 heterocycles. The Morgan fingerprint density at radius 2 is 1.83 bits per heavy atom. The summed E-state index contributed by atoms with van der Waals surface area (Å²) in [6.45, 7) is 8.15. The molecular formula is C29H31F3N5O4S+. The summed E-state index contributed by atoms with van der Waals surface area (Å²) >= 11 is -0.310. The predicted octanol–water partition coefficient (Wildman–Crippen LogP) is 5.39. The summed E-state index contributed by atoms with van der Waals surface area (Å²) in [7, 11) is 0. The smallest absolute Gasteiger partial charge is 0.416 e. The summed E-state index contributed by atoms with van der Waals surface area (Å²) in [5.74, 6) is -0.753. The van der Waals surface area contributed by atoms with Gasteiger partial charge in [-0.3, -0.25) is 4.90 Å². The number of esters is 1. The molecule has 1 N–H and O–H groups in total. The molecule has 2 atom stereocenters. The lowest BCUT2D eigenvalue weighted by atomic mass is 9.93. The number of hydrogen-bond donors (Lipinski definition) is 1. The fourth-order valence-electron chi connectivity index (χ4n) is 4.39. The molecule has 1 aliphatic rings. The van der Waals surface area contributed by atoms with E-state index in [1.165, 1.54) is 21.6 Å². The molecule has 4 rings (SSSR count). The lowest BCUT2D eigenvalue weighted by Crippen LogP contribution is -2.38. The first-order valence-corrected chi connectivity index (χ1v) is 14.6. The predicted molar refractivity (Wildman–Crippen MR) is 153 cm³/mol. The Labute approximate surface area is 244 Å². The van der Waals surface area contributed by atoms with Gasteiger partial charge in [-0.15, -0.1) is 5.10 Å². The second kappa shape index (κ2) is 12.1. The van der Waals surface area contributed by atoms with Crippen LogP contribution in [0.3, 0.4) is 0 Å². The van der Waals surface area contributed by atoms with Gasteiger partial charge in [0.15, 0.2) is 4.75 Å². The Kier molecular flexibility index (Phi) is 8.89. The van der Waals surface area contributed by atoms with Crippen molar-refractivity contribution in [3.63, 3.8) is 0 Å². The Hall–Kier alpha value is -4.02. The van der Waals surface area contributed by atoms with Crippen molar-refractivity contribution in [2.24, 2.45) is 0 Å². The van der Waals surface area contributed by atoms with E-state index in [0.29, 0.717) is 24.2 Å². The second-order valence-electron chi connectivity index (χ2n) is 10.6. The maximum atomic E-state index is 13.7. The van der Waals surface area contributed by atoms with Gasteiger partial charge in [0.05, 0.1) is 29.4 Å². The van der Waals surface area contributed by atoms with Gasteiger partial charge in [-0.05, 0) is 63.6 Å². The van der Waals surface area contributed by atoms with Crippen LogP contribution in [0.1, 0.15) is 56.8 Å². The first kappa shape index (κ1) is 30.9. The quantitative estimate of drug-likeness (QED) is 0.209. The Bertz CT molecular complexity index is 1580. The van der Waals surface area contributed by atoms with Crippen LogP contribution in [-0.2, 0) is 31.1 Å². The molecule has 0 amide bonds. The van der Waals surface area contributed by atoms with Gasteiger partial charge in [0, 0.05) is 17.8 Å². The van der Waals surface area contributed by atoms with Crippen LogP contribution in [0.4, 0.5) is 24.8 Å². The van der Waals surface area contributed by atoms with Crippen molar-refractivity contribution in [1.29, 1.82) is 5.26 Å². The number of nitrogens with one attached hydrogen (secondary N) is 1.